The Balaban J connectivity index is 3.32. The number of hydrogen-bond acceptors (Lipinski definition) is 5. The van der Waals surface area contributed by atoms with Crippen LogP contribution in [0.2, 0.25) is 0 Å². The van der Waals surface area contributed by atoms with E-state index in [1.807, 2.05) is 0 Å². The van der Waals surface area contributed by atoms with Crippen LogP contribution in [0.15, 0.2) is 0 Å². The van der Waals surface area contributed by atoms with Crippen molar-refractivity contribution in [3.8, 4) is 0 Å². The first-order valence-corrected chi connectivity index (χ1v) is 6.33. The minimum Gasteiger partial charge on any atom is -0.303 e. The predicted octanol–water partition coefficient (Wildman–Crippen LogP) is -0.473. The van der Waals surface area contributed by atoms with Crippen LogP contribution in [0, 0.1) is 0 Å². The first-order valence-electron chi connectivity index (χ1n) is 3.27. The van der Waals surface area contributed by atoms with E-state index < -0.39 is 15.6 Å². The van der Waals surface area contributed by atoms with Crippen molar-refractivity contribution in [2.75, 3.05) is 13.2 Å². The van der Waals surface area contributed by atoms with Crippen LogP contribution >= 0.6 is 15.6 Å². The summed E-state index contributed by atoms with van der Waals surface area (Å²) in [6.07, 6.45) is 0.0190. The Morgan fingerprint density at radius 1 is 0.929 bits per heavy atom. The summed E-state index contributed by atoms with van der Waals surface area (Å²) in [5, 5.41) is 0. The summed E-state index contributed by atoms with van der Waals surface area (Å²) < 4.78 is 27.7. The molecule has 14 heavy (non-hydrogen) atoms. The average Bonchev–Trinajstić information content (AvgIpc) is 1.92. The molecule has 0 aliphatic rings. The SMILES string of the molecule is O=P(O)(O)OCCCOOP(=O)(O)O. The molecular weight excluding hydrogens is 242 g/mol. The maximum Gasteiger partial charge on any atom is 0.496 e. The van der Waals surface area contributed by atoms with Crippen LogP contribution in [-0.2, 0) is 23.2 Å². The van der Waals surface area contributed by atoms with E-state index in [0.29, 0.717) is 0 Å². The average molecular weight is 252 g/mol. The van der Waals surface area contributed by atoms with Gasteiger partial charge in [0.25, 0.3) is 0 Å². The molecule has 0 saturated heterocycles. The summed E-state index contributed by atoms with van der Waals surface area (Å²) in [6.45, 7) is -0.570. The quantitative estimate of drug-likeness (QED) is 0.204. The second kappa shape index (κ2) is 5.92. The molecule has 0 unspecified atom stereocenters. The smallest absolute Gasteiger partial charge is 0.303 e. The third-order valence-corrected chi connectivity index (χ3v) is 1.60. The number of phosphoric ester groups is 1. The number of phosphoric acid groups is 2. The lowest BCUT2D eigenvalue weighted by Gasteiger charge is -2.05. The van der Waals surface area contributed by atoms with Gasteiger partial charge in [-0.3, -0.25) is 4.52 Å². The molecule has 0 radical (unpaired) electrons. The number of hydrogen-bond donors (Lipinski definition) is 4. The third-order valence-electron chi connectivity index (χ3n) is 0.781. The fourth-order valence-electron chi connectivity index (χ4n) is 0.407. The maximum absolute atomic E-state index is 10.1. The normalized spacial score (nSPS) is 13.1. The Hall–Kier alpha value is 0.180. The summed E-state index contributed by atoms with van der Waals surface area (Å²) in [6, 6.07) is 0. The summed E-state index contributed by atoms with van der Waals surface area (Å²) in [7, 11) is -9.16. The molecule has 0 saturated carbocycles. The zero-order valence-corrected chi connectivity index (χ0v) is 8.63. The molecule has 86 valence electrons. The predicted molar refractivity (Wildman–Crippen MR) is 41.7 cm³/mol. The molecule has 0 aromatic carbocycles. The molecular formula is C3H10O9P2. The Kier molecular flexibility index (Phi) is 5.99. The van der Waals surface area contributed by atoms with Gasteiger partial charge in [0.05, 0.1) is 13.2 Å². The second-order valence-corrected chi connectivity index (χ2v) is 4.43. The van der Waals surface area contributed by atoms with E-state index in [4.69, 9.17) is 19.6 Å². The van der Waals surface area contributed by atoms with Gasteiger partial charge in [0.15, 0.2) is 0 Å². The van der Waals surface area contributed by atoms with Gasteiger partial charge in [-0.1, -0.05) is 0 Å². The highest BCUT2D eigenvalue weighted by Gasteiger charge is 2.15. The van der Waals surface area contributed by atoms with Crippen molar-refractivity contribution in [2.45, 2.75) is 6.42 Å². The fraction of sp³-hybridized carbons (Fsp3) is 1.00. The van der Waals surface area contributed by atoms with Gasteiger partial charge in [0.2, 0.25) is 0 Å². The molecule has 0 amide bonds. The highest BCUT2D eigenvalue weighted by Crippen LogP contribution is 2.36. The molecule has 0 aliphatic carbocycles. The standard InChI is InChI=1S/C3H10O9P2/c4-13(5,6)11-3-1-2-10-12-14(7,8)9/h1-3H2,(H2,4,5,6)(H2,7,8,9). The van der Waals surface area contributed by atoms with Gasteiger partial charge in [0, 0.05) is 0 Å². The lowest BCUT2D eigenvalue weighted by molar-refractivity contribution is -0.223. The van der Waals surface area contributed by atoms with E-state index in [1.165, 1.54) is 0 Å². The molecule has 0 aromatic rings. The van der Waals surface area contributed by atoms with Gasteiger partial charge in [0.1, 0.15) is 0 Å². The van der Waals surface area contributed by atoms with Crippen molar-refractivity contribution >= 4 is 15.6 Å². The Morgan fingerprint density at radius 2 is 1.50 bits per heavy atom. The van der Waals surface area contributed by atoms with Crippen LogP contribution in [0.25, 0.3) is 0 Å². The molecule has 0 fully saturated rings. The summed E-state index contributed by atoms with van der Waals surface area (Å²) >= 11 is 0. The number of rotatable bonds is 7. The van der Waals surface area contributed by atoms with E-state index >= 15 is 0 Å². The van der Waals surface area contributed by atoms with E-state index in [0.717, 1.165) is 0 Å². The van der Waals surface area contributed by atoms with Crippen LogP contribution in [0.1, 0.15) is 6.42 Å². The minimum atomic E-state index is -4.66. The first-order chi connectivity index (χ1) is 6.21. The molecule has 0 atom stereocenters. The monoisotopic (exact) mass is 252 g/mol. The maximum atomic E-state index is 10.1. The molecule has 0 heterocycles. The van der Waals surface area contributed by atoms with Gasteiger partial charge >= 0.3 is 15.6 Å². The highest BCUT2D eigenvalue weighted by molar-refractivity contribution is 7.46. The van der Waals surface area contributed by atoms with Gasteiger partial charge in [-0.05, 0) is 6.42 Å². The van der Waals surface area contributed by atoms with Crippen LogP contribution < -0.4 is 0 Å². The van der Waals surface area contributed by atoms with E-state index in [2.05, 4.69) is 14.1 Å². The molecule has 0 spiro atoms. The Labute approximate surface area is 79.0 Å². The zero-order chi connectivity index (χ0) is 11.2. The zero-order valence-electron chi connectivity index (χ0n) is 6.85. The molecule has 0 aliphatic heterocycles. The largest absolute Gasteiger partial charge is 0.496 e. The molecule has 0 aromatic heterocycles. The van der Waals surface area contributed by atoms with Gasteiger partial charge in [-0.2, -0.15) is 0 Å². The Bertz CT molecular complexity index is 212. The molecule has 4 N–H and O–H groups in total. The van der Waals surface area contributed by atoms with Crippen molar-refractivity contribution in [1.82, 2.24) is 0 Å². The highest BCUT2D eigenvalue weighted by atomic mass is 31.2. The molecule has 9 nitrogen and oxygen atoms in total. The summed E-state index contributed by atoms with van der Waals surface area (Å²) in [5.41, 5.74) is 0. The van der Waals surface area contributed by atoms with Crippen molar-refractivity contribution in [3.63, 3.8) is 0 Å². The fourth-order valence-corrected chi connectivity index (χ4v) is 0.986. The van der Waals surface area contributed by atoms with Crippen LogP contribution in [0.4, 0.5) is 0 Å². The molecule has 11 heteroatoms. The van der Waals surface area contributed by atoms with Crippen molar-refractivity contribution in [1.29, 1.82) is 0 Å². The van der Waals surface area contributed by atoms with E-state index in [1.54, 1.807) is 0 Å². The second-order valence-electron chi connectivity index (χ2n) is 2.06. The van der Waals surface area contributed by atoms with Gasteiger partial charge < -0.3 is 19.6 Å². The minimum absolute atomic E-state index is 0.0190. The third kappa shape index (κ3) is 12.2. The first kappa shape index (κ1) is 14.2. The van der Waals surface area contributed by atoms with Gasteiger partial charge in [-0.15, -0.1) is 4.67 Å². The van der Waals surface area contributed by atoms with E-state index in [9.17, 15) is 9.13 Å². The summed E-state index contributed by atoms with van der Waals surface area (Å²) in [5.74, 6) is 0. The molecule has 0 rings (SSSR count). The lowest BCUT2D eigenvalue weighted by atomic mass is 10.5. The lowest BCUT2D eigenvalue weighted by Crippen LogP contribution is -2.00. The van der Waals surface area contributed by atoms with Crippen LogP contribution in [0.5, 0.6) is 0 Å². The van der Waals surface area contributed by atoms with Crippen molar-refractivity contribution in [2.24, 2.45) is 0 Å². The van der Waals surface area contributed by atoms with Crippen LogP contribution in [-0.4, -0.2) is 32.8 Å². The van der Waals surface area contributed by atoms with Gasteiger partial charge in [-0.25, -0.2) is 14.0 Å². The van der Waals surface area contributed by atoms with Crippen molar-refractivity contribution < 1.29 is 42.8 Å². The summed E-state index contributed by atoms with van der Waals surface area (Å²) in [4.78, 5) is 36.6. The van der Waals surface area contributed by atoms with Crippen molar-refractivity contribution in [3.05, 3.63) is 0 Å². The Morgan fingerprint density at radius 3 is 1.93 bits per heavy atom. The topological polar surface area (TPSA) is 143 Å². The van der Waals surface area contributed by atoms with Crippen LogP contribution in [0.3, 0.4) is 0 Å². The van der Waals surface area contributed by atoms with E-state index in [-0.39, 0.29) is 19.6 Å². The molecule has 0 bridgehead atoms.